The minimum absolute atomic E-state index is 0. The number of amides is 2. The first-order valence-corrected chi connectivity index (χ1v) is 19.8. The van der Waals surface area contributed by atoms with E-state index in [1.165, 1.54) is 70.6 Å². The summed E-state index contributed by atoms with van der Waals surface area (Å²) in [7, 11) is 0. The van der Waals surface area contributed by atoms with Crippen LogP contribution in [0.4, 0.5) is 9.59 Å². The molecule has 0 spiro atoms. The van der Waals surface area contributed by atoms with E-state index in [4.69, 9.17) is 18.9 Å². The van der Waals surface area contributed by atoms with Gasteiger partial charge < -0.3 is 34.2 Å². The summed E-state index contributed by atoms with van der Waals surface area (Å²) in [6.07, 6.45) is 17.7. The van der Waals surface area contributed by atoms with Gasteiger partial charge in [-0.25, -0.2) is 14.4 Å². The molecule has 4 aliphatic rings. The number of nitrogens with zero attached hydrogens (tertiary/aromatic N) is 2. The summed E-state index contributed by atoms with van der Waals surface area (Å²) < 4.78 is 22.2. The molecule has 4 fully saturated rings. The van der Waals surface area contributed by atoms with Gasteiger partial charge >= 0.3 is 18.2 Å². The van der Waals surface area contributed by atoms with Gasteiger partial charge in [0.2, 0.25) is 0 Å². The van der Waals surface area contributed by atoms with Crippen LogP contribution in [-0.4, -0.2) is 90.1 Å². The second-order valence-corrected chi connectivity index (χ2v) is 17.4. The normalized spacial score (nSPS) is 22.3. The number of carbonyl (C=O) groups excluding carboxylic acids is 3. The lowest BCUT2D eigenvalue weighted by Crippen LogP contribution is -2.50. The van der Waals surface area contributed by atoms with E-state index in [0.717, 1.165) is 44.7 Å². The maximum atomic E-state index is 12.4. The molecule has 2 saturated heterocycles. The predicted octanol–water partition coefficient (Wildman–Crippen LogP) is 8.72. The van der Waals surface area contributed by atoms with Crippen LogP contribution in [0.2, 0.25) is 0 Å². The summed E-state index contributed by atoms with van der Waals surface area (Å²) in [5.74, 6) is 1.18. The molecule has 2 amide bonds. The minimum Gasteiger partial charge on any atom is -0.464 e. The van der Waals surface area contributed by atoms with Crippen molar-refractivity contribution in [3.8, 4) is 0 Å². The molecule has 4 rings (SSSR count). The molecule has 10 heteroatoms. The van der Waals surface area contributed by atoms with Crippen molar-refractivity contribution in [3.63, 3.8) is 0 Å². The van der Waals surface area contributed by atoms with E-state index in [0.29, 0.717) is 37.6 Å². The van der Waals surface area contributed by atoms with Crippen LogP contribution < -0.4 is 0 Å². The van der Waals surface area contributed by atoms with Crippen molar-refractivity contribution in [2.75, 3.05) is 39.4 Å². The van der Waals surface area contributed by atoms with E-state index in [1.54, 1.807) is 13.8 Å². The van der Waals surface area contributed by atoms with Gasteiger partial charge in [-0.15, -0.1) is 0 Å². The Kier molecular flexibility index (Phi) is 17.4. The molecular weight excluding hydrogens is 636 g/mol. The molecule has 2 aliphatic heterocycles. The minimum atomic E-state index is -0.552. The van der Waals surface area contributed by atoms with Crippen molar-refractivity contribution in [2.24, 2.45) is 22.7 Å². The van der Waals surface area contributed by atoms with Crippen LogP contribution >= 0.6 is 0 Å². The lowest BCUT2D eigenvalue weighted by Gasteiger charge is -2.48. The fraction of sp³-hybridized carbons (Fsp3) is 0.925. The molecule has 0 aromatic rings. The van der Waals surface area contributed by atoms with Crippen molar-refractivity contribution in [1.82, 2.24) is 9.80 Å². The molecule has 2 heterocycles. The van der Waals surface area contributed by atoms with Crippen LogP contribution in [0.1, 0.15) is 159 Å². The van der Waals surface area contributed by atoms with Gasteiger partial charge in [0, 0.05) is 26.2 Å². The van der Waals surface area contributed by atoms with E-state index in [1.807, 2.05) is 51.3 Å². The molecule has 2 N–H and O–H groups in total. The van der Waals surface area contributed by atoms with Gasteiger partial charge in [-0.1, -0.05) is 51.9 Å². The number of piperidine rings is 2. The molecule has 2 aliphatic carbocycles. The quantitative estimate of drug-likeness (QED) is 0.182. The lowest BCUT2D eigenvalue weighted by molar-refractivity contribution is -0.160. The molecule has 1 unspecified atom stereocenters. The Morgan fingerprint density at radius 2 is 1.04 bits per heavy atom. The maximum Gasteiger partial charge on any atom is 0.410 e. The molecule has 0 radical (unpaired) electrons. The number of likely N-dealkylation sites (tertiary alicyclic amines) is 2. The zero-order chi connectivity index (χ0) is 36.3. The first kappa shape index (κ1) is 44.1. The highest BCUT2D eigenvalue weighted by Crippen LogP contribution is 2.48. The monoisotopic (exact) mass is 711 g/mol. The molecule has 10 nitrogen and oxygen atoms in total. The topological polar surface area (TPSA) is 126 Å². The van der Waals surface area contributed by atoms with E-state index in [2.05, 4.69) is 6.92 Å². The molecular formula is C40H74N2O8. The molecule has 292 valence electrons. The SMILES string of the molecule is CCC1(C2CCCCC2)CCN(C(=O)OC(C)(C)C)CC1.CCOC(=O)C(C)OCC1(C2CCCCC2)CCN(C(=O)OC(C)(C)C)CC1.O. The van der Waals surface area contributed by atoms with Crippen LogP contribution in [0.5, 0.6) is 0 Å². The number of ether oxygens (including phenoxy) is 4. The van der Waals surface area contributed by atoms with Crippen LogP contribution in [0.25, 0.3) is 0 Å². The van der Waals surface area contributed by atoms with E-state index < -0.39 is 11.7 Å². The zero-order valence-corrected chi connectivity index (χ0v) is 33.3. The fourth-order valence-corrected chi connectivity index (χ4v) is 8.69. The third-order valence-electron chi connectivity index (χ3n) is 11.7. The van der Waals surface area contributed by atoms with Crippen molar-refractivity contribution < 1.29 is 38.8 Å². The van der Waals surface area contributed by atoms with Crippen LogP contribution in [0.3, 0.4) is 0 Å². The Hall–Kier alpha value is -2.07. The number of esters is 1. The molecule has 0 bridgehead atoms. The Bertz CT molecular complexity index is 1020. The van der Waals surface area contributed by atoms with Gasteiger partial charge in [0.25, 0.3) is 0 Å². The Balaban J connectivity index is 0.000000353. The Labute approximate surface area is 304 Å². The van der Waals surface area contributed by atoms with Gasteiger partial charge in [0.15, 0.2) is 6.10 Å². The van der Waals surface area contributed by atoms with E-state index in [-0.39, 0.29) is 34.6 Å². The van der Waals surface area contributed by atoms with Crippen molar-refractivity contribution in [2.45, 2.75) is 176 Å². The summed E-state index contributed by atoms with van der Waals surface area (Å²) >= 11 is 0. The van der Waals surface area contributed by atoms with Gasteiger partial charge in [0.1, 0.15) is 11.2 Å². The second-order valence-electron chi connectivity index (χ2n) is 17.4. The lowest BCUT2D eigenvalue weighted by atomic mass is 9.62. The molecule has 1 atom stereocenters. The smallest absolute Gasteiger partial charge is 0.410 e. The average molecular weight is 711 g/mol. The van der Waals surface area contributed by atoms with Gasteiger partial charge in [-0.05, 0) is 129 Å². The number of hydrogen-bond acceptors (Lipinski definition) is 7. The van der Waals surface area contributed by atoms with Crippen molar-refractivity contribution >= 4 is 18.2 Å². The summed E-state index contributed by atoms with van der Waals surface area (Å²) in [6, 6.07) is 0. The molecule has 0 aromatic heterocycles. The highest BCUT2D eigenvalue weighted by Gasteiger charge is 2.44. The predicted molar refractivity (Wildman–Crippen MR) is 198 cm³/mol. The first-order chi connectivity index (χ1) is 23.0. The summed E-state index contributed by atoms with van der Waals surface area (Å²) in [6.45, 7) is 21.5. The first-order valence-electron chi connectivity index (χ1n) is 19.8. The second kappa shape index (κ2) is 19.7. The number of carbonyl (C=O) groups is 3. The highest BCUT2D eigenvalue weighted by molar-refractivity contribution is 5.74. The number of rotatable bonds is 8. The van der Waals surface area contributed by atoms with Crippen molar-refractivity contribution in [1.29, 1.82) is 0 Å². The fourth-order valence-electron chi connectivity index (χ4n) is 8.69. The largest absolute Gasteiger partial charge is 0.464 e. The third kappa shape index (κ3) is 13.2. The molecule has 0 aromatic carbocycles. The number of hydrogen-bond donors (Lipinski definition) is 0. The van der Waals surface area contributed by atoms with Crippen LogP contribution in [0.15, 0.2) is 0 Å². The third-order valence-corrected chi connectivity index (χ3v) is 11.7. The van der Waals surface area contributed by atoms with Gasteiger partial charge in [0.05, 0.1) is 13.2 Å². The molecule has 2 saturated carbocycles. The standard InChI is InChI=1S/C22H39NO5.C18H33NO2.H2O/c1-6-26-19(24)17(2)27-16-22(18-10-8-7-9-11-18)12-14-23(15-13-22)20(25)28-21(3,4)5;1-5-18(15-9-7-6-8-10-15)11-13-19(14-12-18)16(20)21-17(2,3)4;/h17-18H,6-16H2,1-5H3;15H,5-14H2,1-4H3;1H2. The van der Waals surface area contributed by atoms with Gasteiger partial charge in [-0.3, -0.25) is 0 Å². The van der Waals surface area contributed by atoms with Crippen molar-refractivity contribution in [3.05, 3.63) is 0 Å². The Morgan fingerprint density at radius 1 is 0.660 bits per heavy atom. The van der Waals surface area contributed by atoms with Crippen LogP contribution in [-0.2, 0) is 23.7 Å². The molecule has 50 heavy (non-hydrogen) atoms. The van der Waals surface area contributed by atoms with Crippen LogP contribution in [0, 0.1) is 22.7 Å². The summed E-state index contributed by atoms with van der Waals surface area (Å²) in [5, 5.41) is 0. The zero-order valence-electron chi connectivity index (χ0n) is 33.3. The summed E-state index contributed by atoms with van der Waals surface area (Å²) in [5.41, 5.74) is -0.356. The van der Waals surface area contributed by atoms with E-state index in [9.17, 15) is 14.4 Å². The highest BCUT2D eigenvalue weighted by atomic mass is 16.6. The Morgan fingerprint density at radius 3 is 1.40 bits per heavy atom. The average Bonchev–Trinajstić information content (AvgIpc) is 3.07. The van der Waals surface area contributed by atoms with Gasteiger partial charge in [-0.2, -0.15) is 0 Å². The maximum absolute atomic E-state index is 12.4. The summed E-state index contributed by atoms with van der Waals surface area (Å²) in [4.78, 5) is 40.3. The van der Waals surface area contributed by atoms with E-state index >= 15 is 0 Å².